The quantitative estimate of drug-likeness (QED) is 0.383. The molecule has 0 fully saturated rings. The monoisotopic (exact) mass is 383 g/mol. The van der Waals surface area contributed by atoms with Gasteiger partial charge in [0.1, 0.15) is 11.5 Å². The molecule has 29 heavy (non-hydrogen) atoms. The molecule has 0 bridgehead atoms. The number of H-pyrrole nitrogens is 1. The van der Waals surface area contributed by atoms with Gasteiger partial charge in [-0.25, -0.2) is 0 Å². The minimum Gasteiger partial charge on any atom is -0.497 e. The fourth-order valence-corrected chi connectivity index (χ4v) is 4.48. The zero-order valence-corrected chi connectivity index (χ0v) is 16.3. The molecule has 0 unspecified atom stereocenters. The number of hydrogen-bond donors (Lipinski definition) is 1. The van der Waals surface area contributed by atoms with Crippen LogP contribution in [0, 0.1) is 6.92 Å². The number of aromatic nitrogens is 1. The number of rotatable bonds is 4. The first kappa shape index (κ1) is 17.6. The lowest BCUT2D eigenvalue weighted by molar-refractivity contribution is -0.134. The van der Waals surface area contributed by atoms with Gasteiger partial charge in [0.05, 0.1) is 13.0 Å². The fourth-order valence-electron chi connectivity index (χ4n) is 4.48. The van der Waals surface area contributed by atoms with Crippen molar-refractivity contribution in [1.29, 1.82) is 0 Å². The number of ether oxygens (including phenoxy) is 2. The van der Waals surface area contributed by atoms with Crippen molar-refractivity contribution in [2.24, 2.45) is 0 Å². The number of carbonyl (C=O) groups excluding carboxylic acids is 1. The first-order valence-electron chi connectivity index (χ1n) is 9.69. The molecular formula is C25H21NO3. The van der Waals surface area contributed by atoms with Gasteiger partial charge >= 0.3 is 5.97 Å². The summed E-state index contributed by atoms with van der Waals surface area (Å²) in [6.07, 6.45) is 0. The van der Waals surface area contributed by atoms with E-state index in [0.717, 1.165) is 39.0 Å². The Balaban J connectivity index is 1.76. The van der Waals surface area contributed by atoms with E-state index in [4.69, 9.17) is 9.47 Å². The molecule has 144 valence electrons. The van der Waals surface area contributed by atoms with Crippen LogP contribution in [-0.2, 0) is 4.79 Å². The van der Waals surface area contributed by atoms with E-state index >= 15 is 0 Å². The number of fused-ring (bicyclic) bond motifs is 2. The summed E-state index contributed by atoms with van der Waals surface area (Å²) < 4.78 is 11.0. The van der Waals surface area contributed by atoms with Crippen LogP contribution in [0.1, 0.15) is 34.2 Å². The molecule has 4 aromatic rings. The molecule has 0 radical (unpaired) electrons. The molecule has 1 aliphatic rings. The maximum atomic E-state index is 13.1. The van der Waals surface area contributed by atoms with Gasteiger partial charge in [0.25, 0.3) is 0 Å². The van der Waals surface area contributed by atoms with Gasteiger partial charge in [-0.05, 0) is 42.3 Å². The van der Waals surface area contributed by atoms with Crippen LogP contribution >= 0.6 is 0 Å². The Morgan fingerprint density at radius 2 is 1.69 bits per heavy atom. The number of benzene rings is 3. The molecular weight excluding hydrogens is 362 g/mol. The molecule has 0 spiro atoms. The van der Waals surface area contributed by atoms with Gasteiger partial charge in [-0.2, -0.15) is 0 Å². The number of esters is 1. The topological polar surface area (TPSA) is 51.3 Å². The normalized spacial score (nSPS) is 16.5. The van der Waals surface area contributed by atoms with Gasteiger partial charge in [0.15, 0.2) is 0 Å². The lowest BCUT2D eigenvalue weighted by atomic mass is 9.77. The Morgan fingerprint density at radius 1 is 0.966 bits per heavy atom. The fraction of sp³-hybridized carbons (Fsp3) is 0.160. The van der Waals surface area contributed by atoms with E-state index in [9.17, 15) is 4.79 Å². The van der Waals surface area contributed by atoms with Crippen LogP contribution in [0.25, 0.3) is 10.9 Å². The Bertz CT molecular complexity index is 1210. The summed E-state index contributed by atoms with van der Waals surface area (Å²) in [5.74, 6) is 0.651. The van der Waals surface area contributed by atoms with Gasteiger partial charge in [-0.3, -0.25) is 4.79 Å². The molecule has 0 saturated heterocycles. The van der Waals surface area contributed by atoms with Gasteiger partial charge < -0.3 is 14.5 Å². The third kappa shape index (κ3) is 2.80. The lowest BCUT2D eigenvalue weighted by Gasteiger charge is -2.23. The Morgan fingerprint density at radius 3 is 2.48 bits per heavy atom. The molecule has 2 atom stereocenters. The number of nitrogens with one attached hydrogen (secondary N) is 1. The highest BCUT2D eigenvalue weighted by molar-refractivity contribution is 5.91. The van der Waals surface area contributed by atoms with Crippen molar-refractivity contribution in [1.82, 2.24) is 4.98 Å². The second-order valence-corrected chi connectivity index (χ2v) is 7.40. The van der Waals surface area contributed by atoms with Crippen molar-refractivity contribution in [2.75, 3.05) is 7.11 Å². The van der Waals surface area contributed by atoms with Crippen molar-refractivity contribution in [3.63, 3.8) is 0 Å². The molecule has 5 rings (SSSR count). The summed E-state index contributed by atoms with van der Waals surface area (Å²) in [7, 11) is 1.65. The summed E-state index contributed by atoms with van der Waals surface area (Å²) in [5.41, 5.74) is 5.24. The minimum absolute atomic E-state index is 0.173. The van der Waals surface area contributed by atoms with Gasteiger partial charge in [0.2, 0.25) is 0 Å². The van der Waals surface area contributed by atoms with Crippen molar-refractivity contribution in [3.05, 3.63) is 95.2 Å². The Hall–Kier alpha value is -3.53. The number of methoxy groups -OCH3 is 1. The average molecular weight is 383 g/mol. The molecule has 0 amide bonds. The standard InChI is InChI=1S/C25H21NO3/c1-15-22(18-7-3-5-9-20(18)26-15)23(16-11-13-17(28-2)14-12-16)24-19-8-4-6-10-21(19)29-25(24)27/h3-14,23-24,26H,1-2H3/t23-,24-/m0/s1. The van der Waals surface area contributed by atoms with E-state index in [1.165, 1.54) is 0 Å². The van der Waals surface area contributed by atoms with Gasteiger partial charge in [-0.15, -0.1) is 0 Å². The largest absolute Gasteiger partial charge is 0.497 e. The summed E-state index contributed by atoms with van der Waals surface area (Å²) in [6.45, 7) is 2.07. The minimum atomic E-state index is -0.405. The van der Waals surface area contributed by atoms with Crippen LogP contribution in [0.4, 0.5) is 0 Å². The third-order valence-electron chi connectivity index (χ3n) is 5.78. The number of hydrogen-bond acceptors (Lipinski definition) is 3. The van der Waals surface area contributed by atoms with Crippen molar-refractivity contribution in [3.8, 4) is 11.5 Å². The molecule has 1 aromatic heterocycles. The van der Waals surface area contributed by atoms with E-state index in [1.54, 1.807) is 7.11 Å². The van der Waals surface area contributed by atoms with E-state index in [2.05, 4.69) is 24.0 Å². The smallest absolute Gasteiger partial charge is 0.319 e. The predicted octanol–water partition coefficient (Wildman–Crippen LogP) is 5.32. The highest BCUT2D eigenvalue weighted by atomic mass is 16.5. The first-order valence-corrected chi connectivity index (χ1v) is 9.69. The van der Waals surface area contributed by atoms with Crippen molar-refractivity contribution >= 4 is 16.9 Å². The number of para-hydroxylation sites is 2. The third-order valence-corrected chi connectivity index (χ3v) is 5.78. The number of aryl methyl sites for hydroxylation is 1. The van der Waals surface area contributed by atoms with E-state index in [-0.39, 0.29) is 11.9 Å². The van der Waals surface area contributed by atoms with Crippen LogP contribution < -0.4 is 9.47 Å². The van der Waals surface area contributed by atoms with E-state index < -0.39 is 5.92 Å². The second-order valence-electron chi connectivity index (χ2n) is 7.40. The summed E-state index contributed by atoms with van der Waals surface area (Å²) in [4.78, 5) is 16.5. The Labute approximate surface area is 169 Å². The second kappa shape index (κ2) is 6.82. The maximum absolute atomic E-state index is 13.1. The van der Waals surface area contributed by atoms with E-state index in [1.807, 2.05) is 60.7 Å². The summed E-state index contributed by atoms with van der Waals surface area (Å²) >= 11 is 0. The molecule has 3 aromatic carbocycles. The van der Waals surface area contributed by atoms with E-state index in [0.29, 0.717) is 5.75 Å². The molecule has 1 aliphatic heterocycles. The first-order chi connectivity index (χ1) is 14.2. The highest BCUT2D eigenvalue weighted by Crippen LogP contribution is 2.48. The SMILES string of the molecule is COc1ccc([C@@H](c2c(C)[nH]c3ccccc23)[C@H]2C(=O)Oc3ccccc32)cc1. The van der Waals surface area contributed by atoms with Crippen LogP contribution in [-0.4, -0.2) is 18.1 Å². The molecule has 4 nitrogen and oxygen atoms in total. The molecule has 1 N–H and O–H groups in total. The molecule has 0 saturated carbocycles. The lowest BCUT2D eigenvalue weighted by Crippen LogP contribution is -2.20. The zero-order valence-electron chi connectivity index (χ0n) is 16.3. The van der Waals surface area contributed by atoms with Crippen molar-refractivity contribution < 1.29 is 14.3 Å². The molecule has 4 heteroatoms. The van der Waals surface area contributed by atoms with Crippen LogP contribution in [0.5, 0.6) is 11.5 Å². The van der Waals surface area contributed by atoms with Crippen LogP contribution in [0.2, 0.25) is 0 Å². The summed E-state index contributed by atoms with van der Waals surface area (Å²) in [6, 6.07) is 23.9. The maximum Gasteiger partial charge on any atom is 0.319 e. The summed E-state index contributed by atoms with van der Waals surface area (Å²) in [5, 5.41) is 1.13. The zero-order chi connectivity index (χ0) is 20.0. The molecule has 0 aliphatic carbocycles. The molecule has 2 heterocycles. The Kier molecular flexibility index (Phi) is 4.13. The number of aromatic amines is 1. The van der Waals surface area contributed by atoms with Crippen molar-refractivity contribution in [2.45, 2.75) is 18.8 Å². The van der Waals surface area contributed by atoms with Crippen LogP contribution in [0.3, 0.4) is 0 Å². The van der Waals surface area contributed by atoms with Crippen LogP contribution in [0.15, 0.2) is 72.8 Å². The number of carbonyl (C=O) groups is 1. The van der Waals surface area contributed by atoms with Gasteiger partial charge in [0, 0.05) is 28.1 Å². The highest BCUT2D eigenvalue weighted by Gasteiger charge is 2.42. The van der Waals surface area contributed by atoms with Gasteiger partial charge in [-0.1, -0.05) is 48.5 Å². The predicted molar refractivity (Wildman–Crippen MR) is 113 cm³/mol. The average Bonchev–Trinajstić information content (AvgIpc) is 3.25.